The van der Waals surface area contributed by atoms with Crippen molar-refractivity contribution in [3.63, 3.8) is 0 Å². The van der Waals surface area contributed by atoms with E-state index in [0.717, 1.165) is 5.56 Å². The van der Waals surface area contributed by atoms with E-state index in [2.05, 4.69) is 115 Å². The molecule has 2 N–H and O–H groups in total. The molecule has 0 aliphatic carbocycles. The Kier molecular flexibility index (Phi) is 5.10. The zero-order chi connectivity index (χ0) is 19.4. The molecule has 0 radical (unpaired) electrons. The third-order valence-corrected chi connectivity index (χ3v) is 5.47. The molecule has 28 heavy (non-hydrogen) atoms. The first-order chi connectivity index (χ1) is 13.7. The Morgan fingerprint density at radius 2 is 0.929 bits per heavy atom. The van der Waals surface area contributed by atoms with Crippen LogP contribution in [0.2, 0.25) is 0 Å². The van der Waals surface area contributed by atoms with Gasteiger partial charge in [-0.1, -0.05) is 115 Å². The molecule has 0 aliphatic rings. The van der Waals surface area contributed by atoms with Crippen molar-refractivity contribution in [2.45, 2.75) is 18.4 Å². The molecule has 4 aromatic carbocycles. The van der Waals surface area contributed by atoms with E-state index in [0.29, 0.717) is 0 Å². The van der Waals surface area contributed by atoms with Crippen molar-refractivity contribution in [3.05, 3.63) is 143 Å². The zero-order valence-corrected chi connectivity index (χ0v) is 16.1. The van der Waals surface area contributed by atoms with Crippen molar-refractivity contribution >= 4 is 0 Å². The maximum absolute atomic E-state index is 6.24. The zero-order valence-electron chi connectivity index (χ0n) is 16.1. The third-order valence-electron chi connectivity index (χ3n) is 5.47. The Labute approximate surface area is 167 Å². The molecule has 0 fully saturated rings. The van der Waals surface area contributed by atoms with Gasteiger partial charge in [0, 0.05) is 6.04 Å². The number of hydrogen-bond acceptors (Lipinski definition) is 1. The van der Waals surface area contributed by atoms with Crippen LogP contribution in [0.5, 0.6) is 0 Å². The highest BCUT2D eigenvalue weighted by Crippen LogP contribution is 2.45. The summed E-state index contributed by atoms with van der Waals surface area (Å²) in [4.78, 5) is 0. The van der Waals surface area contributed by atoms with Crippen molar-refractivity contribution in [2.75, 3.05) is 0 Å². The second-order valence-corrected chi connectivity index (χ2v) is 7.26. The van der Waals surface area contributed by atoms with E-state index in [1.807, 2.05) is 6.92 Å². The second kappa shape index (κ2) is 7.84. The van der Waals surface area contributed by atoms with E-state index in [4.69, 9.17) is 5.73 Å². The Hall–Kier alpha value is -3.16. The van der Waals surface area contributed by atoms with Gasteiger partial charge in [-0.25, -0.2) is 0 Å². The monoisotopic (exact) mass is 363 g/mol. The molecule has 0 aromatic heterocycles. The van der Waals surface area contributed by atoms with Gasteiger partial charge < -0.3 is 5.73 Å². The molecule has 1 heteroatoms. The SMILES string of the molecule is CC(N)c1cccc(C(c2ccccc2)(c2ccccc2)c2ccccc2)c1. The van der Waals surface area contributed by atoms with Crippen LogP contribution >= 0.6 is 0 Å². The molecule has 0 aliphatic heterocycles. The van der Waals surface area contributed by atoms with Gasteiger partial charge in [-0.2, -0.15) is 0 Å². The normalized spacial score (nSPS) is 12.5. The lowest BCUT2D eigenvalue weighted by molar-refractivity contribution is 0.736. The Morgan fingerprint density at radius 1 is 0.536 bits per heavy atom. The lowest BCUT2D eigenvalue weighted by Crippen LogP contribution is -2.31. The number of hydrogen-bond donors (Lipinski definition) is 1. The molecule has 0 spiro atoms. The molecule has 4 rings (SSSR count). The van der Waals surface area contributed by atoms with Gasteiger partial charge in [0.1, 0.15) is 0 Å². The van der Waals surface area contributed by atoms with Crippen LogP contribution in [0.15, 0.2) is 115 Å². The van der Waals surface area contributed by atoms with Crippen LogP contribution in [0, 0.1) is 0 Å². The van der Waals surface area contributed by atoms with Gasteiger partial charge in [0.2, 0.25) is 0 Å². The lowest BCUT2D eigenvalue weighted by Gasteiger charge is -2.37. The predicted molar refractivity (Wildman–Crippen MR) is 117 cm³/mol. The third kappa shape index (κ3) is 3.15. The van der Waals surface area contributed by atoms with E-state index in [9.17, 15) is 0 Å². The molecule has 4 aromatic rings. The molecule has 1 nitrogen and oxygen atoms in total. The topological polar surface area (TPSA) is 26.0 Å². The minimum atomic E-state index is -0.408. The standard InChI is InChI=1S/C27H25N/c1-21(28)22-12-11-19-26(20-22)27(23-13-5-2-6-14-23,24-15-7-3-8-16-24)25-17-9-4-10-18-25/h2-21H,28H2,1H3. The summed E-state index contributed by atoms with van der Waals surface area (Å²) in [5.41, 5.74) is 11.9. The molecular formula is C27H25N. The van der Waals surface area contributed by atoms with Crippen LogP contribution < -0.4 is 5.73 Å². The van der Waals surface area contributed by atoms with Crippen LogP contribution in [0.4, 0.5) is 0 Å². The van der Waals surface area contributed by atoms with Gasteiger partial charge in [0.15, 0.2) is 0 Å². The van der Waals surface area contributed by atoms with Gasteiger partial charge in [0.25, 0.3) is 0 Å². The molecule has 0 bridgehead atoms. The van der Waals surface area contributed by atoms with Crippen LogP contribution in [0.1, 0.15) is 40.8 Å². The van der Waals surface area contributed by atoms with Crippen LogP contribution in [0.25, 0.3) is 0 Å². The van der Waals surface area contributed by atoms with Crippen molar-refractivity contribution in [1.29, 1.82) is 0 Å². The number of nitrogens with two attached hydrogens (primary N) is 1. The maximum atomic E-state index is 6.24. The summed E-state index contributed by atoms with van der Waals surface area (Å²) in [6, 6.07) is 40.9. The largest absolute Gasteiger partial charge is 0.324 e. The van der Waals surface area contributed by atoms with Gasteiger partial charge in [-0.3, -0.25) is 0 Å². The molecular weight excluding hydrogens is 338 g/mol. The fourth-order valence-corrected chi connectivity index (χ4v) is 4.12. The molecule has 0 saturated carbocycles. The highest BCUT2D eigenvalue weighted by atomic mass is 14.6. The van der Waals surface area contributed by atoms with Crippen molar-refractivity contribution in [3.8, 4) is 0 Å². The Balaban J connectivity index is 2.12. The first-order valence-electron chi connectivity index (χ1n) is 9.75. The molecule has 0 heterocycles. The van der Waals surface area contributed by atoms with E-state index in [1.54, 1.807) is 0 Å². The van der Waals surface area contributed by atoms with Gasteiger partial charge in [-0.15, -0.1) is 0 Å². The van der Waals surface area contributed by atoms with E-state index < -0.39 is 5.41 Å². The van der Waals surface area contributed by atoms with Crippen LogP contribution in [-0.2, 0) is 5.41 Å². The highest BCUT2D eigenvalue weighted by Gasteiger charge is 2.38. The van der Waals surface area contributed by atoms with Crippen LogP contribution in [0.3, 0.4) is 0 Å². The number of rotatable bonds is 5. The molecule has 1 atom stereocenters. The fourth-order valence-electron chi connectivity index (χ4n) is 4.12. The summed E-state index contributed by atoms with van der Waals surface area (Å²) in [6.45, 7) is 2.04. The number of benzene rings is 4. The minimum Gasteiger partial charge on any atom is -0.324 e. The Bertz CT molecular complexity index is 925. The molecule has 0 saturated heterocycles. The van der Waals surface area contributed by atoms with Crippen molar-refractivity contribution in [1.82, 2.24) is 0 Å². The summed E-state index contributed by atoms with van der Waals surface area (Å²) in [5, 5.41) is 0. The van der Waals surface area contributed by atoms with Crippen LogP contribution in [-0.4, -0.2) is 0 Å². The first-order valence-corrected chi connectivity index (χ1v) is 9.75. The lowest BCUT2D eigenvalue weighted by atomic mass is 9.65. The Morgan fingerprint density at radius 3 is 1.32 bits per heavy atom. The quantitative estimate of drug-likeness (QED) is 0.427. The predicted octanol–water partition coefficient (Wildman–Crippen LogP) is 6.09. The highest BCUT2D eigenvalue weighted by molar-refractivity contribution is 5.60. The molecule has 1 unspecified atom stereocenters. The second-order valence-electron chi connectivity index (χ2n) is 7.26. The van der Waals surface area contributed by atoms with E-state index >= 15 is 0 Å². The minimum absolute atomic E-state index is 0.0139. The average Bonchev–Trinajstić information content (AvgIpc) is 2.77. The van der Waals surface area contributed by atoms with E-state index in [-0.39, 0.29) is 6.04 Å². The van der Waals surface area contributed by atoms with Gasteiger partial charge in [-0.05, 0) is 34.7 Å². The smallest absolute Gasteiger partial charge is 0.0701 e. The summed E-state index contributed by atoms with van der Waals surface area (Å²) in [5.74, 6) is 0. The molecule has 0 amide bonds. The summed E-state index contributed by atoms with van der Waals surface area (Å²) in [7, 11) is 0. The summed E-state index contributed by atoms with van der Waals surface area (Å²) < 4.78 is 0. The van der Waals surface area contributed by atoms with Crippen molar-refractivity contribution in [2.24, 2.45) is 5.73 Å². The van der Waals surface area contributed by atoms with Crippen molar-refractivity contribution < 1.29 is 0 Å². The first kappa shape index (κ1) is 18.2. The average molecular weight is 364 g/mol. The van der Waals surface area contributed by atoms with Gasteiger partial charge >= 0.3 is 0 Å². The maximum Gasteiger partial charge on any atom is 0.0701 e. The summed E-state index contributed by atoms with van der Waals surface area (Å²) in [6.07, 6.45) is 0. The van der Waals surface area contributed by atoms with E-state index in [1.165, 1.54) is 22.3 Å². The summed E-state index contributed by atoms with van der Waals surface area (Å²) >= 11 is 0. The molecule has 138 valence electrons. The van der Waals surface area contributed by atoms with Gasteiger partial charge in [0.05, 0.1) is 5.41 Å². The fraction of sp³-hybridized carbons (Fsp3) is 0.111.